The summed E-state index contributed by atoms with van der Waals surface area (Å²) < 4.78 is 3.23. The summed E-state index contributed by atoms with van der Waals surface area (Å²) in [7, 11) is 1.73. The number of aromatic nitrogens is 2. The van der Waals surface area contributed by atoms with Crippen LogP contribution in [-0.2, 0) is 13.1 Å². The smallest absolute Gasteiger partial charge is 0.191 e. The van der Waals surface area contributed by atoms with Crippen LogP contribution in [0, 0.1) is 0 Å². The topological polar surface area (TPSA) is 74.5 Å². The molecule has 2 heterocycles. The molecule has 30 heavy (non-hydrogen) atoms. The number of benzene rings is 2. The van der Waals surface area contributed by atoms with Gasteiger partial charge in [0, 0.05) is 48.7 Å². The lowest BCUT2D eigenvalue weighted by Gasteiger charge is -2.15. The van der Waals surface area contributed by atoms with Crippen molar-refractivity contribution in [3.63, 3.8) is 0 Å². The second-order valence-electron chi connectivity index (χ2n) is 7.06. The summed E-state index contributed by atoms with van der Waals surface area (Å²) in [6.45, 7) is 1.84. The number of nitrogens with one attached hydrogen (secondary N) is 2. The molecule has 154 valence electrons. The second-order valence-corrected chi connectivity index (χ2v) is 8.18. The maximum Gasteiger partial charge on any atom is 0.191 e. The lowest BCUT2D eigenvalue weighted by Crippen LogP contribution is -2.38. The Balaban J connectivity index is 1.30. The number of nitrogens with zero attached hydrogens (tertiary/aromatic N) is 3. The number of aliphatic hydroxyl groups is 1. The monoisotopic (exact) mass is 419 g/mol. The van der Waals surface area contributed by atoms with Crippen molar-refractivity contribution in [3.05, 3.63) is 89.3 Å². The zero-order chi connectivity index (χ0) is 20.8. The third-order valence-corrected chi connectivity index (χ3v) is 6.05. The average molecular weight is 420 g/mol. The van der Waals surface area contributed by atoms with Crippen molar-refractivity contribution in [3.8, 4) is 0 Å². The molecule has 0 amide bonds. The zero-order valence-electron chi connectivity index (χ0n) is 16.8. The Bertz CT molecular complexity index is 1090. The summed E-state index contributed by atoms with van der Waals surface area (Å²) in [4.78, 5) is 9.31. The van der Waals surface area contributed by atoms with Crippen LogP contribution in [0.25, 0.3) is 10.1 Å². The minimum Gasteiger partial charge on any atom is -0.386 e. The lowest BCUT2D eigenvalue weighted by molar-refractivity contribution is 0.184. The van der Waals surface area contributed by atoms with Crippen molar-refractivity contribution in [2.24, 2.45) is 4.99 Å². The highest BCUT2D eigenvalue weighted by molar-refractivity contribution is 7.19. The number of aliphatic hydroxyl groups excluding tert-OH is 1. The fraction of sp³-hybridized carbons (Fsp3) is 0.217. The summed E-state index contributed by atoms with van der Waals surface area (Å²) in [6, 6.07) is 18.7. The Morgan fingerprint density at radius 2 is 2.00 bits per heavy atom. The highest BCUT2D eigenvalue weighted by atomic mass is 32.1. The molecule has 0 aliphatic rings. The van der Waals surface area contributed by atoms with Gasteiger partial charge in [-0.2, -0.15) is 0 Å². The molecule has 7 heteroatoms. The van der Waals surface area contributed by atoms with Crippen LogP contribution in [0.15, 0.2) is 78.3 Å². The molecule has 0 bridgehead atoms. The maximum atomic E-state index is 10.6. The van der Waals surface area contributed by atoms with E-state index in [0.29, 0.717) is 19.0 Å². The number of imidazole rings is 1. The second kappa shape index (κ2) is 9.56. The molecule has 4 rings (SSSR count). The zero-order valence-corrected chi connectivity index (χ0v) is 17.6. The molecular formula is C23H25N5OS. The first-order valence-corrected chi connectivity index (χ1v) is 10.7. The number of rotatable bonds is 7. The number of fused-ring (bicyclic) bond motifs is 1. The van der Waals surface area contributed by atoms with Gasteiger partial charge in [0.05, 0.1) is 6.33 Å². The molecule has 3 N–H and O–H groups in total. The Hall–Kier alpha value is -3.16. The normalized spacial score (nSPS) is 12.8. The van der Waals surface area contributed by atoms with Crippen LogP contribution in [0.4, 0.5) is 0 Å². The number of hydrogen-bond acceptors (Lipinski definition) is 4. The molecule has 0 radical (unpaired) electrons. The molecule has 0 aliphatic heterocycles. The molecule has 2 aromatic heterocycles. The van der Waals surface area contributed by atoms with Gasteiger partial charge < -0.3 is 20.3 Å². The fourth-order valence-corrected chi connectivity index (χ4v) is 4.35. The highest BCUT2D eigenvalue weighted by Gasteiger charge is 2.12. The van der Waals surface area contributed by atoms with E-state index in [1.54, 1.807) is 24.6 Å². The van der Waals surface area contributed by atoms with Gasteiger partial charge in [-0.3, -0.25) is 4.99 Å². The summed E-state index contributed by atoms with van der Waals surface area (Å²) in [5, 5.41) is 18.3. The maximum absolute atomic E-state index is 10.6. The largest absolute Gasteiger partial charge is 0.386 e. The van der Waals surface area contributed by atoms with E-state index < -0.39 is 6.10 Å². The summed E-state index contributed by atoms with van der Waals surface area (Å²) in [5.41, 5.74) is 2.39. The van der Waals surface area contributed by atoms with Crippen molar-refractivity contribution in [1.29, 1.82) is 0 Å². The Morgan fingerprint density at radius 3 is 2.80 bits per heavy atom. The van der Waals surface area contributed by atoms with Crippen LogP contribution < -0.4 is 10.6 Å². The predicted molar refractivity (Wildman–Crippen MR) is 123 cm³/mol. The van der Waals surface area contributed by atoms with E-state index in [9.17, 15) is 5.11 Å². The molecule has 0 fully saturated rings. The van der Waals surface area contributed by atoms with Gasteiger partial charge in [0.25, 0.3) is 0 Å². The Labute approximate surface area is 179 Å². The first kappa shape index (κ1) is 20.1. The molecule has 2 aromatic carbocycles. The van der Waals surface area contributed by atoms with Crippen molar-refractivity contribution in [2.75, 3.05) is 13.6 Å². The molecule has 1 atom stereocenters. The van der Waals surface area contributed by atoms with Crippen molar-refractivity contribution < 1.29 is 5.11 Å². The van der Waals surface area contributed by atoms with E-state index in [1.165, 1.54) is 15.8 Å². The minimum atomic E-state index is -0.584. The quantitative estimate of drug-likeness (QED) is 0.316. The van der Waals surface area contributed by atoms with E-state index in [4.69, 9.17) is 0 Å². The third kappa shape index (κ3) is 5.06. The number of aliphatic imine (C=N–C) groups is 1. The molecule has 6 nitrogen and oxygen atoms in total. The van der Waals surface area contributed by atoms with Gasteiger partial charge in [-0.25, -0.2) is 4.98 Å². The van der Waals surface area contributed by atoms with E-state index in [0.717, 1.165) is 16.8 Å². The van der Waals surface area contributed by atoms with Crippen molar-refractivity contribution in [1.82, 2.24) is 20.2 Å². The van der Waals surface area contributed by atoms with Gasteiger partial charge in [-0.1, -0.05) is 42.5 Å². The van der Waals surface area contributed by atoms with E-state index in [2.05, 4.69) is 57.0 Å². The first-order chi connectivity index (χ1) is 14.7. The van der Waals surface area contributed by atoms with Gasteiger partial charge in [0.2, 0.25) is 0 Å². The lowest BCUT2D eigenvalue weighted by atomic mass is 10.1. The molecule has 0 saturated carbocycles. The molecule has 0 spiro atoms. The summed E-state index contributed by atoms with van der Waals surface area (Å²) in [6.07, 6.45) is 4.98. The number of guanidine groups is 1. The standard InChI is InChI=1S/C23H25N5OS/c1-24-23(27-14-20(29)22-12-19-7-2-3-8-21(19)30-22)26-13-17-5-4-6-18(11-17)15-28-10-9-25-16-28/h2-12,16,20,29H,13-15H2,1H3,(H2,24,26,27). The number of thiophene rings is 1. The minimum absolute atomic E-state index is 0.396. The van der Waals surface area contributed by atoms with Crippen molar-refractivity contribution in [2.45, 2.75) is 19.2 Å². The highest BCUT2D eigenvalue weighted by Crippen LogP contribution is 2.29. The van der Waals surface area contributed by atoms with Crippen LogP contribution in [0.2, 0.25) is 0 Å². The van der Waals surface area contributed by atoms with Crippen LogP contribution >= 0.6 is 11.3 Å². The summed E-state index contributed by atoms with van der Waals surface area (Å²) >= 11 is 1.62. The van der Waals surface area contributed by atoms with Gasteiger partial charge >= 0.3 is 0 Å². The molecule has 0 saturated heterocycles. The Kier molecular flexibility index (Phi) is 6.41. The molecular weight excluding hydrogens is 394 g/mol. The van der Waals surface area contributed by atoms with Crippen LogP contribution in [0.5, 0.6) is 0 Å². The Morgan fingerprint density at radius 1 is 1.13 bits per heavy atom. The SMILES string of the molecule is CN=C(NCc1cccc(Cn2ccnc2)c1)NCC(O)c1cc2ccccc2s1. The predicted octanol–water partition coefficient (Wildman–Crippen LogP) is 3.54. The van der Waals surface area contributed by atoms with Crippen LogP contribution in [0.1, 0.15) is 22.1 Å². The third-order valence-electron chi connectivity index (χ3n) is 4.84. The fourth-order valence-electron chi connectivity index (χ4n) is 3.30. The van der Waals surface area contributed by atoms with Gasteiger partial charge in [-0.15, -0.1) is 11.3 Å². The van der Waals surface area contributed by atoms with Gasteiger partial charge in [0.15, 0.2) is 5.96 Å². The van der Waals surface area contributed by atoms with Gasteiger partial charge in [-0.05, 0) is 28.6 Å². The summed E-state index contributed by atoms with van der Waals surface area (Å²) in [5.74, 6) is 0.662. The van der Waals surface area contributed by atoms with Crippen LogP contribution in [-0.4, -0.2) is 34.2 Å². The first-order valence-electron chi connectivity index (χ1n) is 9.86. The average Bonchev–Trinajstić information content (AvgIpc) is 3.43. The number of hydrogen-bond donors (Lipinski definition) is 3. The molecule has 1 unspecified atom stereocenters. The molecule has 0 aliphatic carbocycles. The van der Waals surface area contributed by atoms with E-state index in [-0.39, 0.29) is 0 Å². The van der Waals surface area contributed by atoms with Gasteiger partial charge in [0.1, 0.15) is 6.10 Å². The van der Waals surface area contributed by atoms with E-state index >= 15 is 0 Å². The van der Waals surface area contributed by atoms with Crippen molar-refractivity contribution >= 4 is 27.4 Å². The van der Waals surface area contributed by atoms with Crippen LogP contribution in [0.3, 0.4) is 0 Å². The van der Waals surface area contributed by atoms with E-state index in [1.807, 2.05) is 35.3 Å². The molecule has 4 aromatic rings.